The van der Waals surface area contributed by atoms with Gasteiger partial charge in [-0.25, -0.2) is 9.59 Å². The smallest absolute Gasteiger partial charge is 0.414 e. The van der Waals surface area contributed by atoms with Crippen molar-refractivity contribution in [1.82, 2.24) is 10.7 Å². The Morgan fingerprint density at radius 2 is 1.28 bits per heavy atom. The number of hydrogen-bond acceptors (Lipinski definition) is 5. The molecular formula is C21H25N3O5. The van der Waals surface area contributed by atoms with Crippen LogP contribution in [0.25, 0.3) is 0 Å². The first-order valence-corrected chi connectivity index (χ1v) is 9.36. The number of carboxylic acids is 2. The van der Waals surface area contributed by atoms with E-state index in [1.54, 1.807) is 0 Å². The van der Waals surface area contributed by atoms with E-state index in [2.05, 4.69) is 10.7 Å². The molecule has 0 aromatic heterocycles. The number of benzene rings is 2. The molecule has 1 aliphatic rings. The van der Waals surface area contributed by atoms with E-state index in [-0.39, 0.29) is 5.91 Å². The van der Waals surface area contributed by atoms with E-state index in [4.69, 9.17) is 19.8 Å². The lowest BCUT2D eigenvalue weighted by molar-refractivity contribution is -0.159. The van der Waals surface area contributed by atoms with Crippen LogP contribution in [0.15, 0.2) is 60.7 Å². The number of nitrogens with one attached hydrogen (secondary N) is 2. The number of nitrogens with zero attached hydrogens (tertiary/aromatic N) is 1. The third-order valence-electron chi connectivity index (χ3n) is 4.35. The first-order valence-electron chi connectivity index (χ1n) is 9.36. The fraction of sp³-hybridized carbons (Fsp3) is 0.286. The van der Waals surface area contributed by atoms with Crippen molar-refractivity contribution in [2.24, 2.45) is 0 Å². The van der Waals surface area contributed by atoms with E-state index in [1.807, 2.05) is 65.7 Å². The maximum absolute atomic E-state index is 12.3. The van der Waals surface area contributed by atoms with Gasteiger partial charge in [0.1, 0.15) is 0 Å². The van der Waals surface area contributed by atoms with Gasteiger partial charge in [-0.3, -0.25) is 15.2 Å². The number of carbonyl (C=O) groups is 3. The van der Waals surface area contributed by atoms with Gasteiger partial charge in [0.15, 0.2) is 0 Å². The van der Waals surface area contributed by atoms with Crippen LogP contribution in [-0.4, -0.2) is 40.6 Å². The Morgan fingerprint density at radius 1 is 0.828 bits per heavy atom. The summed E-state index contributed by atoms with van der Waals surface area (Å²) in [6, 6.07) is 20.2. The van der Waals surface area contributed by atoms with Crippen molar-refractivity contribution in [3.8, 4) is 0 Å². The van der Waals surface area contributed by atoms with E-state index in [0.29, 0.717) is 12.6 Å². The molecule has 2 aromatic rings. The van der Waals surface area contributed by atoms with Crippen molar-refractivity contribution in [3.05, 3.63) is 60.7 Å². The van der Waals surface area contributed by atoms with Crippen molar-refractivity contribution in [2.45, 2.75) is 31.7 Å². The first kappa shape index (κ1) is 21.9. The van der Waals surface area contributed by atoms with Crippen LogP contribution in [0.1, 0.15) is 25.7 Å². The molecule has 2 aromatic carbocycles. The quantitative estimate of drug-likeness (QED) is 0.435. The number of carbonyl (C=O) groups excluding carboxylic acids is 1. The summed E-state index contributed by atoms with van der Waals surface area (Å²) in [5.41, 5.74) is 4.88. The average molecular weight is 399 g/mol. The number of aliphatic carboxylic acids is 2. The van der Waals surface area contributed by atoms with E-state index in [9.17, 15) is 4.79 Å². The largest absolute Gasteiger partial charge is 0.473 e. The van der Waals surface area contributed by atoms with E-state index >= 15 is 0 Å². The predicted octanol–water partition coefficient (Wildman–Crippen LogP) is 2.54. The highest BCUT2D eigenvalue weighted by atomic mass is 16.4. The second-order valence-corrected chi connectivity index (χ2v) is 6.51. The van der Waals surface area contributed by atoms with Gasteiger partial charge in [0.2, 0.25) is 0 Å². The van der Waals surface area contributed by atoms with Crippen LogP contribution >= 0.6 is 0 Å². The summed E-state index contributed by atoms with van der Waals surface area (Å²) in [4.78, 5) is 30.5. The van der Waals surface area contributed by atoms with Crippen molar-refractivity contribution < 1.29 is 24.6 Å². The monoisotopic (exact) mass is 399 g/mol. The molecular weight excluding hydrogens is 374 g/mol. The Kier molecular flexibility index (Phi) is 8.65. The lowest BCUT2D eigenvalue weighted by atomic mass is 10.2. The zero-order valence-corrected chi connectivity index (χ0v) is 16.0. The molecule has 0 spiro atoms. The predicted molar refractivity (Wildman–Crippen MR) is 109 cm³/mol. The van der Waals surface area contributed by atoms with Crippen molar-refractivity contribution in [3.63, 3.8) is 0 Å². The fourth-order valence-corrected chi connectivity index (χ4v) is 2.96. The third kappa shape index (κ3) is 7.63. The highest BCUT2D eigenvalue weighted by Gasteiger charge is 2.17. The average Bonchev–Trinajstić information content (AvgIpc) is 3.26. The zero-order valence-electron chi connectivity index (χ0n) is 16.0. The summed E-state index contributed by atoms with van der Waals surface area (Å²) in [5.74, 6) is -3.67. The molecule has 0 bridgehead atoms. The van der Waals surface area contributed by atoms with Crippen molar-refractivity contribution in [2.75, 3.05) is 11.6 Å². The summed E-state index contributed by atoms with van der Waals surface area (Å²) in [7, 11) is 0. The fourth-order valence-electron chi connectivity index (χ4n) is 2.96. The molecule has 1 amide bonds. The van der Waals surface area contributed by atoms with Gasteiger partial charge >= 0.3 is 11.9 Å². The van der Waals surface area contributed by atoms with Gasteiger partial charge in [-0.05, 0) is 37.1 Å². The molecule has 0 heterocycles. The molecule has 8 nitrogen and oxygen atoms in total. The van der Waals surface area contributed by atoms with Crippen LogP contribution in [-0.2, 0) is 14.4 Å². The molecule has 4 N–H and O–H groups in total. The SMILES string of the molecule is O=C(CNC1CCCC1)NN(c1ccccc1)c1ccccc1.O=C(O)C(=O)O. The molecule has 0 radical (unpaired) electrons. The minimum atomic E-state index is -1.82. The Hall–Kier alpha value is -3.39. The van der Waals surface area contributed by atoms with Gasteiger partial charge in [0, 0.05) is 6.04 Å². The molecule has 1 fully saturated rings. The van der Waals surface area contributed by atoms with E-state index in [1.165, 1.54) is 25.7 Å². The zero-order chi connectivity index (χ0) is 21.1. The van der Waals surface area contributed by atoms with Crippen LogP contribution in [0.2, 0.25) is 0 Å². The summed E-state index contributed by atoms with van der Waals surface area (Å²) >= 11 is 0. The Morgan fingerprint density at radius 3 is 1.69 bits per heavy atom. The molecule has 1 aliphatic carbocycles. The first-order chi connectivity index (χ1) is 14.0. The molecule has 0 saturated heterocycles. The minimum absolute atomic E-state index is 0.0235. The van der Waals surface area contributed by atoms with Gasteiger partial charge in [0.25, 0.3) is 5.91 Å². The number of hydrogen-bond donors (Lipinski definition) is 4. The van der Waals surface area contributed by atoms with Gasteiger partial charge in [0.05, 0.1) is 17.9 Å². The molecule has 1 saturated carbocycles. The van der Waals surface area contributed by atoms with Gasteiger partial charge in [-0.15, -0.1) is 0 Å². The minimum Gasteiger partial charge on any atom is -0.473 e. The van der Waals surface area contributed by atoms with Gasteiger partial charge in [-0.2, -0.15) is 0 Å². The summed E-state index contributed by atoms with van der Waals surface area (Å²) < 4.78 is 0. The normalized spacial score (nSPS) is 13.1. The maximum atomic E-state index is 12.3. The number of carboxylic acid groups (broad SMARTS) is 2. The highest BCUT2D eigenvalue weighted by Crippen LogP contribution is 2.22. The molecule has 8 heteroatoms. The second-order valence-electron chi connectivity index (χ2n) is 6.51. The molecule has 29 heavy (non-hydrogen) atoms. The number of hydrazine groups is 1. The number of rotatable bonds is 6. The standard InChI is InChI=1S/C19H23N3O.C2H2O4/c23-19(15-20-16-9-7-8-10-16)21-22(17-11-3-1-4-12-17)18-13-5-2-6-14-18;3-1(4)2(5)6/h1-6,11-14,16,20H,7-10,15H2,(H,21,23);(H,3,4)(H,5,6). The number of amides is 1. The molecule has 0 unspecified atom stereocenters. The second kappa shape index (κ2) is 11.5. The summed E-state index contributed by atoms with van der Waals surface area (Å²) in [5, 5.41) is 20.0. The van der Waals surface area contributed by atoms with Gasteiger partial charge < -0.3 is 15.5 Å². The highest BCUT2D eigenvalue weighted by molar-refractivity contribution is 6.27. The van der Waals surface area contributed by atoms with Crippen LogP contribution in [0, 0.1) is 0 Å². The van der Waals surface area contributed by atoms with E-state index in [0.717, 1.165) is 11.4 Å². The summed E-state index contributed by atoms with van der Waals surface area (Å²) in [6.07, 6.45) is 4.88. The number of anilines is 2. The van der Waals surface area contributed by atoms with Crippen LogP contribution in [0.3, 0.4) is 0 Å². The lowest BCUT2D eigenvalue weighted by Crippen LogP contribution is -2.45. The topological polar surface area (TPSA) is 119 Å². The Balaban J connectivity index is 0.000000438. The van der Waals surface area contributed by atoms with Gasteiger partial charge in [-0.1, -0.05) is 49.2 Å². The Bertz CT molecular complexity index is 741. The third-order valence-corrected chi connectivity index (χ3v) is 4.35. The molecule has 3 rings (SSSR count). The van der Waals surface area contributed by atoms with Crippen molar-refractivity contribution in [1.29, 1.82) is 0 Å². The number of para-hydroxylation sites is 2. The van der Waals surface area contributed by atoms with E-state index < -0.39 is 11.9 Å². The van der Waals surface area contributed by atoms with Crippen LogP contribution in [0.5, 0.6) is 0 Å². The summed E-state index contributed by atoms with van der Waals surface area (Å²) in [6.45, 7) is 0.348. The lowest BCUT2D eigenvalue weighted by Gasteiger charge is -2.26. The molecule has 0 aliphatic heterocycles. The van der Waals surface area contributed by atoms with Crippen molar-refractivity contribution >= 4 is 29.2 Å². The van der Waals surface area contributed by atoms with Crippen LogP contribution in [0.4, 0.5) is 11.4 Å². The molecule has 154 valence electrons. The molecule has 0 atom stereocenters. The Labute approximate surface area is 169 Å². The van der Waals surface area contributed by atoms with Crippen LogP contribution < -0.4 is 15.8 Å². The maximum Gasteiger partial charge on any atom is 0.414 e.